The van der Waals surface area contributed by atoms with Gasteiger partial charge in [-0.3, -0.25) is 10.1 Å². The Morgan fingerprint density at radius 1 is 1.45 bits per heavy atom. The molecule has 0 radical (unpaired) electrons. The van der Waals surface area contributed by atoms with Crippen molar-refractivity contribution in [2.24, 2.45) is 7.05 Å². The van der Waals surface area contributed by atoms with E-state index in [1.54, 1.807) is 18.4 Å². The zero-order valence-corrected chi connectivity index (χ0v) is 12.5. The van der Waals surface area contributed by atoms with E-state index >= 15 is 0 Å². The van der Waals surface area contributed by atoms with Gasteiger partial charge in [-0.15, -0.1) is 11.3 Å². The molecule has 0 fully saturated rings. The van der Waals surface area contributed by atoms with Crippen LogP contribution < -0.4 is 5.32 Å². The molecule has 0 amide bonds. The Bertz CT molecular complexity index is 619. The molecule has 2 heterocycles. The second-order valence-electron chi connectivity index (χ2n) is 4.32. The molecule has 7 nitrogen and oxygen atoms in total. The van der Waals surface area contributed by atoms with E-state index in [9.17, 15) is 10.1 Å². The van der Waals surface area contributed by atoms with Gasteiger partial charge in [0.25, 0.3) is 0 Å². The van der Waals surface area contributed by atoms with Gasteiger partial charge in [0, 0.05) is 12.4 Å². The van der Waals surface area contributed by atoms with E-state index in [0.29, 0.717) is 24.5 Å². The van der Waals surface area contributed by atoms with Crippen molar-refractivity contribution < 1.29 is 4.92 Å². The van der Waals surface area contributed by atoms with Gasteiger partial charge in [-0.05, 0) is 12.8 Å². The standard InChI is InChI=1S/C12H17N5O2S/c1-4-9-11(17(18)19)12(16(3)15-9)13-6-8-7-20-10(5-2)14-8/h7,13H,4-6H2,1-3H3. The van der Waals surface area contributed by atoms with E-state index in [1.807, 2.05) is 12.3 Å². The number of nitrogens with zero attached hydrogens (tertiary/aromatic N) is 4. The molecule has 0 atom stereocenters. The third-order valence-electron chi connectivity index (χ3n) is 2.95. The van der Waals surface area contributed by atoms with Gasteiger partial charge in [-0.25, -0.2) is 9.67 Å². The fourth-order valence-electron chi connectivity index (χ4n) is 1.96. The smallest absolute Gasteiger partial charge is 0.333 e. The largest absolute Gasteiger partial charge is 0.359 e. The van der Waals surface area contributed by atoms with Gasteiger partial charge in [0.2, 0.25) is 5.82 Å². The van der Waals surface area contributed by atoms with E-state index in [4.69, 9.17) is 0 Å². The predicted octanol–water partition coefficient (Wildman–Crippen LogP) is 2.52. The Labute approximate surface area is 120 Å². The zero-order chi connectivity index (χ0) is 14.7. The van der Waals surface area contributed by atoms with Gasteiger partial charge in [-0.1, -0.05) is 13.8 Å². The summed E-state index contributed by atoms with van der Waals surface area (Å²) in [6, 6.07) is 0. The monoisotopic (exact) mass is 295 g/mol. The molecule has 0 bridgehead atoms. The summed E-state index contributed by atoms with van der Waals surface area (Å²) in [6.07, 6.45) is 1.43. The normalized spacial score (nSPS) is 10.8. The van der Waals surface area contributed by atoms with Gasteiger partial charge in [0.15, 0.2) is 0 Å². The molecule has 0 aromatic carbocycles. The fourth-order valence-corrected chi connectivity index (χ4v) is 2.71. The molecule has 8 heteroatoms. The predicted molar refractivity (Wildman–Crippen MR) is 78.1 cm³/mol. The lowest BCUT2D eigenvalue weighted by Crippen LogP contribution is -2.06. The summed E-state index contributed by atoms with van der Waals surface area (Å²) >= 11 is 1.60. The quantitative estimate of drug-likeness (QED) is 0.653. The van der Waals surface area contributed by atoms with Crippen LogP contribution in [0, 0.1) is 10.1 Å². The van der Waals surface area contributed by atoms with E-state index in [2.05, 4.69) is 22.3 Å². The number of hydrogen-bond acceptors (Lipinski definition) is 6. The molecule has 0 aliphatic carbocycles. The van der Waals surface area contributed by atoms with E-state index < -0.39 is 0 Å². The van der Waals surface area contributed by atoms with Crippen LogP contribution >= 0.6 is 11.3 Å². The molecule has 0 aliphatic heterocycles. The molecule has 0 saturated carbocycles. The molecule has 0 spiro atoms. The molecule has 0 unspecified atom stereocenters. The average Bonchev–Trinajstić information content (AvgIpc) is 3.00. The number of thiazole rings is 1. The van der Waals surface area contributed by atoms with Gasteiger partial charge in [0.05, 0.1) is 22.2 Å². The summed E-state index contributed by atoms with van der Waals surface area (Å²) in [6.45, 7) is 4.36. The van der Waals surface area contributed by atoms with Crippen LogP contribution in [0.15, 0.2) is 5.38 Å². The Morgan fingerprint density at radius 2 is 2.20 bits per heavy atom. The third-order valence-corrected chi connectivity index (χ3v) is 3.99. The summed E-state index contributed by atoms with van der Waals surface area (Å²) < 4.78 is 1.52. The Hall–Kier alpha value is -1.96. The molecule has 0 saturated heterocycles. The molecule has 0 aliphatic rings. The number of aromatic nitrogens is 3. The van der Waals surface area contributed by atoms with Gasteiger partial charge in [0.1, 0.15) is 5.69 Å². The lowest BCUT2D eigenvalue weighted by atomic mass is 10.3. The first-order chi connectivity index (χ1) is 9.56. The minimum absolute atomic E-state index is 0.0564. The molecule has 2 aromatic rings. The maximum atomic E-state index is 11.2. The maximum absolute atomic E-state index is 11.2. The Kier molecular flexibility index (Phi) is 4.33. The molecular weight excluding hydrogens is 278 g/mol. The highest BCUT2D eigenvalue weighted by Gasteiger charge is 2.25. The number of rotatable bonds is 6. The van der Waals surface area contributed by atoms with Crippen molar-refractivity contribution in [2.75, 3.05) is 5.32 Å². The number of nitrogens with one attached hydrogen (secondary N) is 1. The Morgan fingerprint density at radius 3 is 2.75 bits per heavy atom. The Balaban J connectivity index is 2.20. The van der Waals surface area contributed by atoms with Crippen molar-refractivity contribution in [1.29, 1.82) is 0 Å². The van der Waals surface area contributed by atoms with Gasteiger partial charge >= 0.3 is 5.69 Å². The van der Waals surface area contributed by atoms with Crippen molar-refractivity contribution in [3.8, 4) is 0 Å². The first kappa shape index (κ1) is 14.4. The van der Waals surface area contributed by atoms with Gasteiger partial charge < -0.3 is 5.32 Å². The summed E-state index contributed by atoms with van der Waals surface area (Å²) in [4.78, 5) is 15.2. The van der Waals surface area contributed by atoms with Gasteiger partial charge in [-0.2, -0.15) is 5.10 Å². The first-order valence-corrected chi connectivity index (χ1v) is 7.32. The highest BCUT2D eigenvalue weighted by atomic mass is 32.1. The van der Waals surface area contributed by atoms with Crippen LogP contribution in [0.25, 0.3) is 0 Å². The van der Waals surface area contributed by atoms with Crippen LogP contribution in [-0.2, 0) is 26.4 Å². The van der Waals surface area contributed by atoms with Crippen molar-refractivity contribution in [2.45, 2.75) is 33.2 Å². The molecule has 2 rings (SSSR count). The molecule has 20 heavy (non-hydrogen) atoms. The van der Waals surface area contributed by atoms with Crippen LogP contribution in [0.4, 0.5) is 11.5 Å². The average molecular weight is 295 g/mol. The molecule has 108 valence electrons. The maximum Gasteiger partial charge on any atom is 0.333 e. The van der Waals surface area contributed by atoms with Crippen molar-refractivity contribution in [3.05, 3.63) is 31.9 Å². The van der Waals surface area contributed by atoms with Crippen LogP contribution in [-0.4, -0.2) is 19.7 Å². The van der Waals surface area contributed by atoms with Crippen LogP contribution in [0.1, 0.15) is 30.2 Å². The minimum Gasteiger partial charge on any atom is -0.359 e. The summed E-state index contributed by atoms with van der Waals surface area (Å²) in [7, 11) is 1.70. The third kappa shape index (κ3) is 2.79. The highest BCUT2D eigenvalue weighted by Crippen LogP contribution is 2.28. The van der Waals surface area contributed by atoms with E-state index in [1.165, 1.54) is 4.68 Å². The number of aryl methyl sites for hydroxylation is 3. The SMILES string of the molecule is CCc1nc(CNc2c([N+](=O)[O-])c(CC)nn2C)cs1. The number of hydrogen-bond donors (Lipinski definition) is 1. The van der Waals surface area contributed by atoms with Crippen LogP contribution in [0.3, 0.4) is 0 Å². The minimum atomic E-state index is -0.382. The van der Waals surface area contributed by atoms with E-state index in [-0.39, 0.29) is 10.6 Å². The molecule has 2 aromatic heterocycles. The lowest BCUT2D eigenvalue weighted by Gasteiger charge is -2.03. The lowest BCUT2D eigenvalue weighted by molar-refractivity contribution is -0.384. The van der Waals surface area contributed by atoms with Crippen molar-refractivity contribution in [3.63, 3.8) is 0 Å². The summed E-state index contributed by atoms with van der Waals surface area (Å²) in [5.74, 6) is 0.429. The highest BCUT2D eigenvalue weighted by molar-refractivity contribution is 7.09. The number of anilines is 1. The topological polar surface area (TPSA) is 85.9 Å². The summed E-state index contributed by atoms with van der Waals surface area (Å²) in [5.41, 5.74) is 1.44. The van der Waals surface area contributed by atoms with Crippen molar-refractivity contribution >= 4 is 22.8 Å². The summed E-state index contributed by atoms with van der Waals surface area (Å²) in [5, 5.41) is 21.5. The molecular formula is C12H17N5O2S. The van der Waals surface area contributed by atoms with Crippen LogP contribution in [0.2, 0.25) is 0 Å². The number of nitro groups is 1. The van der Waals surface area contributed by atoms with E-state index in [0.717, 1.165) is 17.1 Å². The fraction of sp³-hybridized carbons (Fsp3) is 0.500. The second-order valence-corrected chi connectivity index (χ2v) is 5.26. The van der Waals surface area contributed by atoms with Crippen molar-refractivity contribution in [1.82, 2.24) is 14.8 Å². The van der Waals surface area contributed by atoms with Crippen LogP contribution in [0.5, 0.6) is 0 Å². The zero-order valence-electron chi connectivity index (χ0n) is 11.7. The first-order valence-electron chi connectivity index (χ1n) is 6.44. The second kappa shape index (κ2) is 6.00. The molecule has 1 N–H and O–H groups in total.